The first-order chi connectivity index (χ1) is 14.8. The van der Waals surface area contributed by atoms with Gasteiger partial charge in [-0.15, -0.1) is 0 Å². The lowest BCUT2D eigenvalue weighted by Crippen LogP contribution is -2.45. The highest BCUT2D eigenvalue weighted by Crippen LogP contribution is 2.34. The van der Waals surface area contributed by atoms with Gasteiger partial charge in [0, 0.05) is 36.2 Å². The van der Waals surface area contributed by atoms with Crippen molar-refractivity contribution in [1.82, 2.24) is 14.6 Å². The van der Waals surface area contributed by atoms with Crippen LogP contribution in [0, 0.1) is 5.92 Å². The summed E-state index contributed by atoms with van der Waals surface area (Å²) in [5.41, 5.74) is 2.31. The topological polar surface area (TPSA) is 91.5 Å². The van der Waals surface area contributed by atoms with Crippen molar-refractivity contribution in [2.75, 3.05) is 26.0 Å². The smallest absolute Gasteiger partial charge is 0.239 e. The average Bonchev–Trinajstić information content (AvgIpc) is 3.18. The van der Waals surface area contributed by atoms with Crippen molar-refractivity contribution < 1.29 is 17.9 Å². The molecule has 2 heterocycles. The Balaban J connectivity index is 1.33. The Hall–Kier alpha value is -2.06. The van der Waals surface area contributed by atoms with Crippen LogP contribution in [0.15, 0.2) is 24.4 Å². The second-order valence-corrected chi connectivity index (χ2v) is 10.9. The van der Waals surface area contributed by atoms with Crippen molar-refractivity contribution in [3.05, 3.63) is 30.0 Å². The Labute approximate surface area is 184 Å². The number of rotatable bonds is 6. The quantitative estimate of drug-likeness (QED) is 0.710. The molecule has 1 aliphatic heterocycles. The molecule has 0 unspecified atom stereocenters. The molecule has 7 nitrogen and oxygen atoms in total. The van der Waals surface area contributed by atoms with Crippen molar-refractivity contribution in [3.8, 4) is 5.75 Å². The van der Waals surface area contributed by atoms with E-state index in [9.17, 15) is 13.2 Å². The van der Waals surface area contributed by atoms with Gasteiger partial charge in [0.1, 0.15) is 11.5 Å². The molecule has 2 fully saturated rings. The molecule has 0 spiro atoms. The van der Waals surface area contributed by atoms with Gasteiger partial charge in [0.2, 0.25) is 15.9 Å². The van der Waals surface area contributed by atoms with Crippen LogP contribution in [-0.2, 0) is 14.8 Å². The molecule has 2 aliphatic rings. The van der Waals surface area contributed by atoms with Crippen LogP contribution < -0.4 is 9.46 Å². The highest BCUT2D eigenvalue weighted by Gasteiger charge is 2.30. The van der Waals surface area contributed by atoms with E-state index in [1.54, 1.807) is 12.0 Å². The second kappa shape index (κ2) is 9.20. The minimum absolute atomic E-state index is 0.0291. The lowest BCUT2D eigenvalue weighted by Gasteiger charge is -2.32. The fourth-order valence-electron chi connectivity index (χ4n) is 4.95. The third-order valence-electron chi connectivity index (χ3n) is 6.88. The molecule has 31 heavy (non-hydrogen) atoms. The third-order valence-corrected chi connectivity index (χ3v) is 8.20. The molecular weight excluding hydrogens is 414 g/mol. The first kappa shape index (κ1) is 22.1. The van der Waals surface area contributed by atoms with E-state index >= 15 is 0 Å². The van der Waals surface area contributed by atoms with Gasteiger partial charge in [0.25, 0.3) is 0 Å². The van der Waals surface area contributed by atoms with Crippen molar-refractivity contribution >= 4 is 26.8 Å². The number of nitrogens with zero attached hydrogens (tertiary/aromatic N) is 1. The monoisotopic (exact) mass is 447 g/mol. The van der Waals surface area contributed by atoms with Gasteiger partial charge in [-0.3, -0.25) is 4.79 Å². The molecule has 0 radical (unpaired) electrons. The summed E-state index contributed by atoms with van der Waals surface area (Å²) in [4.78, 5) is 17.7. The number of likely N-dealkylation sites (tertiary alicyclic amines) is 1. The lowest BCUT2D eigenvalue weighted by atomic mass is 9.88. The summed E-state index contributed by atoms with van der Waals surface area (Å²) < 4.78 is 33.1. The number of H-pyrrole nitrogens is 1. The Morgan fingerprint density at radius 3 is 2.55 bits per heavy atom. The number of carbonyl (C=O) groups excluding carboxylic acids is 1. The van der Waals surface area contributed by atoms with Crippen LogP contribution in [0.5, 0.6) is 5.75 Å². The summed E-state index contributed by atoms with van der Waals surface area (Å²) in [6, 6.07) is 5.97. The molecule has 4 rings (SSSR count). The van der Waals surface area contributed by atoms with Gasteiger partial charge in [-0.1, -0.05) is 6.92 Å². The number of aromatic nitrogens is 1. The molecule has 1 aliphatic carbocycles. The predicted octanol–water partition coefficient (Wildman–Crippen LogP) is 3.38. The van der Waals surface area contributed by atoms with E-state index in [0.717, 1.165) is 55.2 Å². The third kappa shape index (κ3) is 5.23. The van der Waals surface area contributed by atoms with Gasteiger partial charge < -0.3 is 14.6 Å². The minimum Gasteiger partial charge on any atom is -0.497 e. The first-order valence-electron chi connectivity index (χ1n) is 11.3. The van der Waals surface area contributed by atoms with Crippen molar-refractivity contribution in [3.63, 3.8) is 0 Å². The largest absolute Gasteiger partial charge is 0.497 e. The van der Waals surface area contributed by atoms with Crippen LogP contribution in [0.4, 0.5) is 0 Å². The zero-order valence-electron chi connectivity index (χ0n) is 18.4. The normalized spacial score (nSPS) is 23.2. The highest BCUT2D eigenvalue weighted by atomic mass is 32.2. The number of benzene rings is 1. The molecule has 1 saturated heterocycles. The molecule has 8 heteroatoms. The minimum atomic E-state index is -3.60. The lowest BCUT2D eigenvalue weighted by molar-refractivity contribution is -0.129. The summed E-state index contributed by atoms with van der Waals surface area (Å²) in [5.74, 6) is 1.07. The number of nitrogens with one attached hydrogen (secondary N) is 2. The van der Waals surface area contributed by atoms with Crippen LogP contribution in [0.2, 0.25) is 0 Å². The standard InChI is InChI=1S/C23H33N3O4S/c1-16-3-5-18(6-4-16)25-31(28,29)15-23(27)26-11-9-17(10-12-26)21-14-24-22-8-7-19(30-2)13-20(21)22/h7-8,13-14,16-18,24-25H,3-6,9-12,15H2,1-2H3. The zero-order chi connectivity index (χ0) is 22.0. The Morgan fingerprint density at radius 1 is 1.16 bits per heavy atom. The van der Waals surface area contributed by atoms with E-state index in [1.165, 1.54) is 5.56 Å². The van der Waals surface area contributed by atoms with Crippen LogP contribution in [0.25, 0.3) is 10.9 Å². The maximum Gasteiger partial charge on any atom is 0.239 e. The molecule has 0 atom stereocenters. The molecule has 1 aromatic heterocycles. The predicted molar refractivity (Wildman–Crippen MR) is 122 cm³/mol. The molecule has 1 amide bonds. The summed E-state index contributed by atoms with van der Waals surface area (Å²) in [7, 11) is -1.94. The highest BCUT2D eigenvalue weighted by molar-refractivity contribution is 7.90. The summed E-state index contributed by atoms with van der Waals surface area (Å²) >= 11 is 0. The van der Waals surface area contributed by atoms with E-state index in [4.69, 9.17) is 4.74 Å². The molecule has 1 saturated carbocycles. The fourth-order valence-corrected chi connectivity index (χ4v) is 6.29. The van der Waals surface area contributed by atoms with Gasteiger partial charge in [0.15, 0.2) is 0 Å². The molecule has 170 valence electrons. The van der Waals surface area contributed by atoms with E-state index in [2.05, 4.69) is 16.6 Å². The number of amides is 1. The molecule has 2 N–H and O–H groups in total. The van der Waals surface area contributed by atoms with Gasteiger partial charge in [0.05, 0.1) is 7.11 Å². The summed E-state index contributed by atoms with van der Waals surface area (Å²) in [6.07, 6.45) is 7.48. The molecule has 2 aromatic rings. The van der Waals surface area contributed by atoms with E-state index in [0.29, 0.717) is 24.9 Å². The van der Waals surface area contributed by atoms with Crippen molar-refractivity contribution in [1.29, 1.82) is 0 Å². The van der Waals surface area contributed by atoms with Gasteiger partial charge in [-0.05, 0) is 74.1 Å². The second-order valence-electron chi connectivity index (χ2n) is 9.14. The number of ether oxygens (including phenoxy) is 1. The molecule has 0 bridgehead atoms. The first-order valence-corrected chi connectivity index (χ1v) is 12.9. The van der Waals surface area contributed by atoms with E-state index in [-0.39, 0.29) is 11.9 Å². The van der Waals surface area contributed by atoms with Crippen LogP contribution in [-0.4, -0.2) is 56.2 Å². The van der Waals surface area contributed by atoms with Crippen LogP contribution in [0.1, 0.15) is 56.9 Å². The Morgan fingerprint density at radius 2 is 1.87 bits per heavy atom. The maximum absolute atomic E-state index is 12.7. The number of sulfonamides is 1. The number of methoxy groups -OCH3 is 1. The summed E-state index contributed by atoms with van der Waals surface area (Å²) in [6.45, 7) is 3.36. The number of carbonyl (C=O) groups is 1. The van der Waals surface area contributed by atoms with Gasteiger partial charge in [-0.25, -0.2) is 13.1 Å². The number of fused-ring (bicyclic) bond motifs is 1. The fraction of sp³-hybridized carbons (Fsp3) is 0.609. The SMILES string of the molecule is COc1ccc2[nH]cc(C3CCN(C(=O)CS(=O)(=O)NC4CCC(C)CC4)CC3)c2c1. The van der Waals surface area contributed by atoms with E-state index < -0.39 is 15.8 Å². The van der Waals surface area contributed by atoms with Crippen LogP contribution in [0.3, 0.4) is 0 Å². The Kier molecular flexibility index (Phi) is 6.57. The Bertz CT molecular complexity index is 1020. The number of hydrogen-bond acceptors (Lipinski definition) is 4. The van der Waals surface area contributed by atoms with Gasteiger partial charge in [-0.2, -0.15) is 0 Å². The van der Waals surface area contributed by atoms with Crippen molar-refractivity contribution in [2.24, 2.45) is 5.92 Å². The van der Waals surface area contributed by atoms with Crippen LogP contribution >= 0.6 is 0 Å². The number of aromatic amines is 1. The van der Waals surface area contributed by atoms with Gasteiger partial charge >= 0.3 is 0 Å². The molecule has 1 aromatic carbocycles. The van der Waals surface area contributed by atoms with Crippen molar-refractivity contribution in [2.45, 2.75) is 57.4 Å². The maximum atomic E-state index is 12.7. The average molecular weight is 448 g/mol. The van der Waals surface area contributed by atoms with E-state index in [1.807, 2.05) is 24.4 Å². The zero-order valence-corrected chi connectivity index (χ0v) is 19.2. The number of piperidine rings is 1. The summed E-state index contributed by atoms with van der Waals surface area (Å²) in [5, 5.41) is 1.15. The molecular formula is C23H33N3O4S. The number of hydrogen-bond donors (Lipinski definition) is 2.